The molecule has 2 aromatic rings. The van der Waals surface area contributed by atoms with Gasteiger partial charge in [-0.25, -0.2) is 9.97 Å². The fourth-order valence-corrected chi connectivity index (χ4v) is 3.85. The average Bonchev–Trinajstić information content (AvgIpc) is 3.65. The largest absolute Gasteiger partial charge is 0.489 e. The molecule has 0 atom stereocenters. The first-order chi connectivity index (χ1) is 15.1. The molecule has 0 spiro atoms. The molecule has 2 fully saturated rings. The Morgan fingerprint density at radius 3 is 2.52 bits per heavy atom. The van der Waals surface area contributed by atoms with Gasteiger partial charge in [-0.3, -0.25) is 9.59 Å². The summed E-state index contributed by atoms with van der Waals surface area (Å²) in [7, 11) is 0. The maximum atomic E-state index is 12.0. The molecule has 1 aromatic heterocycles. The predicted octanol–water partition coefficient (Wildman–Crippen LogP) is 2.86. The van der Waals surface area contributed by atoms with E-state index in [1.807, 2.05) is 6.07 Å². The third-order valence-corrected chi connectivity index (χ3v) is 5.84. The van der Waals surface area contributed by atoms with E-state index in [0.29, 0.717) is 48.5 Å². The lowest BCUT2D eigenvalue weighted by Crippen LogP contribution is -2.29. The first-order valence-electron chi connectivity index (χ1n) is 10.5. The zero-order chi connectivity index (χ0) is 21.8. The fraction of sp³-hybridized carbons (Fsp3) is 0.435. The summed E-state index contributed by atoms with van der Waals surface area (Å²) in [6.45, 7) is -0.411. The summed E-state index contributed by atoms with van der Waals surface area (Å²) < 4.78 is 6.05. The molecule has 8 nitrogen and oxygen atoms in total. The van der Waals surface area contributed by atoms with Crippen molar-refractivity contribution in [1.82, 2.24) is 9.97 Å². The molecule has 2 saturated carbocycles. The Balaban J connectivity index is 1.44. The van der Waals surface area contributed by atoms with Crippen LogP contribution in [0.5, 0.6) is 5.75 Å². The van der Waals surface area contributed by atoms with E-state index in [1.54, 1.807) is 18.2 Å². The molecule has 4 rings (SSSR count). The van der Waals surface area contributed by atoms with E-state index >= 15 is 0 Å². The van der Waals surface area contributed by atoms with Crippen LogP contribution in [0.4, 0.5) is 5.82 Å². The minimum Gasteiger partial charge on any atom is -0.489 e. The number of amides is 1. The van der Waals surface area contributed by atoms with Gasteiger partial charge in [-0.05, 0) is 56.7 Å². The van der Waals surface area contributed by atoms with Gasteiger partial charge in [0, 0.05) is 23.5 Å². The Morgan fingerprint density at radius 2 is 1.84 bits per heavy atom. The fourth-order valence-electron chi connectivity index (χ4n) is 3.85. The van der Waals surface area contributed by atoms with Crippen LogP contribution in [0.25, 0.3) is 11.3 Å². The van der Waals surface area contributed by atoms with E-state index in [0.717, 1.165) is 18.4 Å². The molecular weight excluding hydrogens is 396 g/mol. The van der Waals surface area contributed by atoms with Gasteiger partial charge in [0.1, 0.15) is 30.6 Å². The summed E-state index contributed by atoms with van der Waals surface area (Å²) in [5, 5.41) is 21.4. The number of nitrogens with one attached hydrogen (secondary N) is 1. The number of ether oxygens (including phenoxy) is 1. The molecule has 8 heteroatoms. The van der Waals surface area contributed by atoms with Crippen molar-refractivity contribution in [2.75, 3.05) is 11.9 Å². The van der Waals surface area contributed by atoms with Gasteiger partial charge in [0.15, 0.2) is 5.78 Å². The van der Waals surface area contributed by atoms with E-state index < -0.39 is 6.61 Å². The van der Waals surface area contributed by atoms with E-state index in [1.165, 1.54) is 6.33 Å². The van der Waals surface area contributed by atoms with Crippen molar-refractivity contribution in [3.63, 3.8) is 0 Å². The molecule has 0 aliphatic heterocycles. The third kappa shape index (κ3) is 5.06. The lowest BCUT2D eigenvalue weighted by molar-refractivity contribution is -0.127. The number of anilines is 1. The Kier molecular flexibility index (Phi) is 6.23. The number of nitrogens with zero attached hydrogens (tertiary/aromatic N) is 3. The number of hydrogen-bond acceptors (Lipinski definition) is 7. The number of carbonyl (C=O) groups is 2. The van der Waals surface area contributed by atoms with E-state index in [4.69, 9.17) is 9.84 Å². The molecule has 31 heavy (non-hydrogen) atoms. The van der Waals surface area contributed by atoms with Gasteiger partial charge in [0.05, 0.1) is 17.4 Å². The van der Waals surface area contributed by atoms with Gasteiger partial charge in [-0.2, -0.15) is 5.26 Å². The second-order valence-corrected chi connectivity index (χ2v) is 8.09. The Hall–Kier alpha value is -3.31. The highest BCUT2D eigenvalue weighted by Gasteiger charge is 2.30. The van der Waals surface area contributed by atoms with Crippen LogP contribution < -0.4 is 10.1 Å². The van der Waals surface area contributed by atoms with Gasteiger partial charge in [0.2, 0.25) is 5.91 Å². The van der Waals surface area contributed by atoms with Gasteiger partial charge < -0.3 is 15.2 Å². The second-order valence-electron chi connectivity index (χ2n) is 8.09. The van der Waals surface area contributed by atoms with Crippen LogP contribution in [0.2, 0.25) is 0 Å². The number of rotatable bonds is 7. The van der Waals surface area contributed by atoms with Gasteiger partial charge in [-0.15, -0.1) is 0 Å². The van der Waals surface area contributed by atoms with Crippen LogP contribution in [0.3, 0.4) is 0 Å². The maximum Gasteiger partial charge on any atom is 0.228 e. The molecule has 1 aromatic carbocycles. The highest BCUT2D eigenvalue weighted by atomic mass is 16.5. The molecule has 1 amide bonds. The minimum absolute atomic E-state index is 0.0264. The highest BCUT2D eigenvalue weighted by molar-refractivity contribution is 5.93. The zero-order valence-electron chi connectivity index (χ0n) is 17.1. The summed E-state index contributed by atoms with van der Waals surface area (Å²) in [5.41, 5.74) is 1.73. The Morgan fingerprint density at radius 1 is 1.10 bits per heavy atom. The molecule has 0 bridgehead atoms. The highest BCUT2D eigenvalue weighted by Crippen LogP contribution is 2.32. The minimum atomic E-state index is -0.411. The predicted molar refractivity (Wildman–Crippen MR) is 112 cm³/mol. The van der Waals surface area contributed by atoms with E-state index in [9.17, 15) is 14.9 Å². The summed E-state index contributed by atoms with van der Waals surface area (Å²) in [4.78, 5) is 32.0. The van der Waals surface area contributed by atoms with Crippen LogP contribution in [-0.4, -0.2) is 39.5 Å². The van der Waals surface area contributed by atoms with Crippen LogP contribution in [0, 0.1) is 23.2 Å². The smallest absolute Gasteiger partial charge is 0.228 e. The summed E-state index contributed by atoms with van der Waals surface area (Å²) in [6.07, 6.45) is 5.93. The average molecular weight is 420 g/mol. The van der Waals surface area contributed by atoms with Crippen molar-refractivity contribution in [3.8, 4) is 23.1 Å². The number of aliphatic hydroxyl groups is 1. The number of carbonyl (C=O) groups excluding carboxylic acids is 2. The molecular formula is C23H24N4O4. The molecule has 1 heterocycles. The molecule has 0 radical (unpaired) electrons. The molecule has 0 unspecified atom stereocenters. The number of Topliss-reactive ketones (excluding diaryl/α,β-unsaturated/α-hetero) is 1. The quantitative estimate of drug-likeness (QED) is 0.705. The summed E-state index contributed by atoms with van der Waals surface area (Å²) >= 11 is 0. The lowest BCUT2D eigenvalue weighted by Gasteiger charge is -2.28. The standard InChI is InChI=1S/C23H24N4O4/c24-11-17-9-16(19-10-22(26-13-25-19)27-23(30)15-1-2-15)5-8-21(17)31-18-6-3-14(4-7-18)20(29)12-28/h5,8-10,13-15,18,28H,1-4,6-7,12H2,(H,25,26,27,30). The van der Waals surface area contributed by atoms with Crippen LogP contribution >= 0.6 is 0 Å². The summed E-state index contributed by atoms with van der Waals surface area (Å²) in [5.74, 6) is 0.779. The SMILES string of the molecule is N#Cc1cc(-c2cc(NC(=O)C3CC3)ncn2)ccc1OC1CCC(C(=O)CO)CC1. The molecule has 2 aliphatic carbocycles. The van der Waals surface area contributed by atoms with Crippen molar-refractivity contribution < 1.29 is 19.4 Å². The van der Waals surface area contributed by atoms with Crippen molar-refractivity contribution >= 4 is 17.5 Å². The Labute approximate surface area is 180 Å². The topological polar surface area (TPSA) is 125 Å². The number of hydrogen-bond donors (Lipinski definition) is 2. The van der Waals surface area contributed by atoms with Crippen molar-refractivity contribution in [3.05, 3.63) is 36.2 Å². The molecule has 0 saturated heterocycles. The summed E-state index contributed by atoms with van der Waals surface area (Å²) in [6, 6.07) is 9.16. The molecule has 160 valence electrons. The number of aliphatic hydroxyl groups excluding tert-OH is 1. The maximum absolute atomic E-state index is 12.0. The van der Waals surface area contributed by atoms with Gasteiger partial charge in [0.25, 0.3) is 0 Å². The monoisotopic (exact) mass is 420 g/mol. The number of benzene rings is 1. The van der Waals surface area contributed by atoms with Crippen LogP contribution in [0.1, 0.15) is 44.1 Å². The first kappa shape index (κ1) is 20.9. The van der Waals surface area contributed by atoms with Crippen LogP contribution in [-0.2, 0) is 9.59 Å². The van der Waals surface area contributed by atoms with Crippen LogP contribution in [0.15, 0.2) is 30.6 Å². The normalized spacial score (nSPS) is 20.5. The third-order valence-electron chi connectivity index (χ3n) is 5.84. The Bertz CT molecular complexity index is 1020. The number of aromatic nitrogens is 2. The van der Waals surface area contributed by atoms with E-state index in [-0.39, 0.29) is 29.6 Å². The number of ketones is 1. The van der Waals surface area contributed by atoms with Crippen molar-refractivity contribution in [1.29, 1.82) is 5.26 Å². The second kappa shape index (κ2) is 9.23. The first-order valence-corrected chi connectivity index (χ1v) is 10.5. The molecule has 2 aliphatic rings. The van der Waals surface area contributed by atoms with E-state index in [2.05, 4.69) is 21.4 Å². The molecule has 2 N–H and O–H groups in total. The lowest BCUT2D eigenvalue weighted by atomic mass is 9.85. The van der Waals surface area contributed by atoms with Crippen molar-refractivity contribution in [2.45, 2.75) is 44.6 Å². The number of nitriles is 1. The van der Waals surface area contributed by atoms with Crippen molar-refractivity contribution in [2.24, 2.45) is 11.8 Å². The van der Waals surface area contributed by atoms with Gasteiger partial charge in [-0.1, -0.05) is 0 Å². The van der Waals surface area contributed by atoms with Gasteiger partial charge >= 0.3 is 0 Å². The zero-order valence-corrected chi connectivity index (χ0v) is 17.1.